The van der Waals surface area contributed by atoms with Crippen LogP contribution in [-0.4, -0.2) is 40.0 Å². The fraction of sp³-hybridized carbons (Fsp3) is 0.429. The molecule has 2 N–H and O–H groups in total. The molecule has 0 heterocycles. The Hall–Kier alpha value is -2.06. The molecule has 0 bridgehead atoms. The minimum atomic E-state index is -0.232. The van der Waals surface area contributed by atoms with Crippen LogP contribution < -0.4 is 0 Å². The van der Waals surface area contributed by atoms with E-state index in [0.717, 1.165) is 6.07 Å². The first kappa shape index (κ1) is 15.0. The van der Waals surface area contributed by atoms with E-state index in [2.05, 4.69) is 0 Å². The molecule has 1 rings (SSSR count). The van der Waals surface area contributed by atoms with Crippen LogP contribution in [0.3, 0.4) is 0 Å². The number of aromatic hydroxyl groups is 2. The lowest BCUT2D eigenvalue weighted by molar-refractivity contribution is 0.0905. The Balaban J connectivity index is 2.79. The summed E-state index contributed by atoms with van der Waals surface area (Å²) in [5.74, 6) is -0.544. The number of phenolic OH excluding ortho intramolecular Hbond substituents is 2. The van der Waals surface area contributed by atoms with Gasteiger partial charge in [-0.1, -0.05) is 0 Å². The van der Waals surface area contributed by atoms with Gasteiger partial charge in [-0.05, 0) is 26.0 Å². The van der Waals surface area contributed by atoms with Gasteiger partial charge >= 0.3 is 0 Å². The molecule has 1 aromatic rings. The monoisotopic (exact) mass is 262 g/mol. The topological polar surface area (TPSA) is 84.6 Å². The second kappa shape index (κ2) is 6.76. The maximum absolute atomic E-state index is 12.1. The van der Waals surface area contributed by atoms with Crippen molar-refractivity contribution in [3.8, 4) is 17.6 Å². The van der Waals surface area contributed by atoms with Gasteiger partial charge in [0.2, 0.25) is 0 Å². The molecule has 0 atom stereocenters. The number of nitrogens with zero attached hydrogens (tertiary/aromatic N) is 2. The van der Waals surface area contributed by atoms with E-state index >= 15 is 0 Å². The highest BCUT2D eigenvalue weighted by molar-refractivity contribution is 6.00. The number of hydrogen-bond acceptors (Lipinski definition) is 5. The smallest absolute Gasteiger partial charge is 0.180 e. The molecule has 0 spiro atoms. The highest BCUT2D eigenvalue weighted by atomic mass is 16.3. The third kappa shape index (κ3) is 4.27. The molecule has 5 heteroatoms. The summed E-state index contributed by atoms with van der Waals surface area (Å²) in [4.78, 5) is 14.0. The quantitative estimate of drug-likeness (QED) is 0.765. The van der Waals surface area contributed by atoms with Crippen LogP contribution in [0.5, 0.6) is 11.5 Å². The molecule has 1 aromatic carbocycles. The lowest BCUT2D eigenvalue weighted by atomic mass is 10.1. The summed E-state index contributed by atoms with van der Waals surface area (Å²) >= 11 is 0. The van der Waals surface area contributed by atoms with E-state index in [9.17, 15) is 15.0 Å². The van der Waals surface area contributed by atoms with Crippen molar-refractivity contribution in [3.05, 3.63) is 23.8 Å². The number of hydrogen-bond donors (Lipinski definition) is 2. The van der Waals surface area contributed by atoms with Gasteiger partial charge in [0.1, 0.15) is 11.5 Å². The van der Waals surface area contributed by atoms with Crippen LogP contribution in [0, 0.1) is 11.3 Å². The average molecular weight is 262 g/mol. The Kier molecular flexibility index (Phi) is 5.34. The van der Waals surface area contributed by atoms with Crippen molar-refractivity contribution < 1.29 is 15.0 Å². The summed E-state index contributed by atoms with van der Waals surface area (Å²) < 4.78 is 0. The van der Waals surface area contributed by atoms with Crippen LogP contribution >= 0.6 is 0 Å². The molecule has 0 saturated heterocycles. The Bertz CT molecular complexity index is 492. The highest BCUT2D eigenvalue weighted by Crippen LogP contribution is 2.23. The second-order valence-electron chi connectivity index (χ2n) is 4.60. The van der Waals surface area contributed by atoms with Crippen LogP contribution in [0.2, 0.25) is 0 Å². The average Bonchev–Trinajstić information content (AvgIpc) is 2.33. The number of Topliss-reactive ketones (excluding diaryl/α,β-unsaturated/α-hetero) is 1. The number of nitriles is 1. The van der Waals surface area contributed by atoms with Crippen molar-refractivity contribution >= 4 is 5.78 Å². The van der Waals surface area contributed by atoms with Crippen molar-refractivity contribution in [2.24, 2.45) is 0 Å². The molecule has 0 amide bonds. The molecule has 0 saturated carbocycles. The van der Waals surface area contributed by atoms with Crippen molar-refractivity contribution in [1.82, 2.24) is 4.90 Å². The predicted octanol–water partition coefficient (Wildman–Crippen LogP) is 1.90. The molecule has 0 aromatic heterocycles. The molecule has 0 aliphatic heterocycles. The summed E-state index contributed by atoms with van der Waals surface area (Å²) in [5, 5.41) is 27.4. The number of ketones is 1. The van der Waals surface area contributed by atoms with Crippen molar-refractivity contribution in [2.45, 2.75) is 26.3 Å². The molecule has 0 unspecified atom stereocenters. The van der Waals surface area contributed by atoms with Gasteiger partial charge in [-0.2, -0.15) is 5.26 Å². The van der Waals surface area contributed by atoms with E-state index in [1.54, 1.807) is 0 Å². The van der Waals surface area contributed by atoms with Gasteiger partial charge in [0.05, 0.1) is 18.2 Å². The van der Waals surface area contributed by atoms with Crippen LogP contribution in [0.15, 0.2) is 18.2 Å². The number of rotatable bonds is 6. The lowest BCUT2D eigenvalue weighted by Gasteiger charge is -2.24. The van der Waals surface area contributed by atoms with Gasteiger partial charge < -0.3 is 10.2 Å². The minimum absolute atomic E-state index is 0.0840. The van der Waals surface area contributed by atoms with Gasteiger partial charge in [0.15, 0.2) is 5.78 Å². The fourth-order valence-electron chi connectivity index (χ4n) is 1.74. The zero-order valence-electron chi connectivity index (χ0n) is 11.1. The zero-order chi connectivity index (χ0) is 14.4. The molecule has 0 fully saturated rings. The summed E-state index contributed by atoms with van der Waals surface area (Å²) in [6, 6.07) is 6.09. The van der Waals surface area contributed by atoms with Crippen molar-refractivity contribution in [3.63, 3.8) is 0 Å². The van der Waals surface area contributed by atoms with E-state index in [4.69, 9.17) is 5.26 Å². The predicted molar refractivity (Wildman–Crippen MR) is 71.0 cm³/mol. The van der Waals surface area contributed by atoms with Gasteiger partial charge in [0.25, 0.3) is 0 Å². The first-order valence-corrected chi connectivity index (χ1v) is 6.12. The summed E-state index contributed by atoms with van der Waals surface area (Å²) in [5.41, 5.74) is 0.181. The normalized spacial score (nSPS) is 10.7. The fourth-order valence-corrected chi connectivity index (χ4v) is 1.74. The minimum Gasteiger partial charge on any atom is -0.508 e. The van der Waals surface area contributed by atoms with Gasteiger partial charge in [-0.15, -0.1) is 0 Å². The molecule has 0 radical (unpaired) electrons. The molecule has 0 aliphatic rings. The summed E-state index contributed by atoms with van der Waals surface area (Å²) in [7, 11) is 0. The van der Waals surface area contributed by atoms with Gasteiger partial charge in [-0.25, -0.2) is 0 Å². The number of carbonyl (C=O) groups is 1. The number of phenols is 2. The first-order chi connectivity index (χ1) is 8.95. The molecular weight excluding hydrogens is 244 g/mol. The lowest BCUT2D eigenvalue weighted by Crippen LogP contribution is -2.36. The zero-order valence-corrected chi connectivity index (χ0v) is 11.1. The van der Waals surface area contributed by atoms with E-state index < -0.39 is 0 Å². The van der Waals surface area contributed by atoms with E-state index in [1.807, 2.05) is 24.8 Å². The Morgan fingerprint density at radius 1 is 1.42 bits per heavy atom. The summed E-state index contributed by atoms with van der Waals surface area (Å²) in [6.45, 7) is 4.54. The Morgan fingerprint density at radius 2 is 2.11 bits per heavy atom. The Labute approximate surface area is 112 Å². The molecule has 19 heavy (non-hydrogen) atoms. The van der Waals surface area contributed by atoms with E-state index in [1.165, 1.54) is 12.1 Å². The van der Waals surface area contributed by atoms with Crippen LogP contribution in [0.25, 0.3) is 0 Å². The third-order valence-corrected chi connectivity index (χ3v) is 2.87. The maximum atomic E-state index is 12.1. The Morgan fingerprint density at radius 3 is 2.63 bits per heavy atom. The standard InChI is InChI=1S/C14H18N2O3/c1-10(2)16(7-3-6-15)9-14(19)12-5-4-11(17)8-13(12)18/h4-5,8,10,17-18H,3,7,9H2,1-2H3. The van der Waals surface area contributed by atoms with Gasteiger partial charge in [0, 0.05) is 25.1 Å². The van der Waals surface area contributed by atoms with Crippen LogP contribution in [0.4, 0.5) is 0 Å². The van der Waals surface area contributed by atoms with Crippen molar-refractivity contribution in [2.75, 3.05) is 13.1 Å². The largest absolute Gasteiger partial charge is 0.508 e. The number of carbonyl (C=O) groups excluding carboxylic acids is 1. The highest BCUT2D eigenvalue weighted by Gasteiger charge is 2.17. The number of benzene rings is 1. The molecule has 0 aliphatic carbocycles. The van der Waals surface area contributed by atoms with E-state index in [-0.39, 0.29) is 35.4 Å². The first-order valence-electron chi connectivity index (χ1n) is 6.12. The third-order valence-electron chi connectivity index (χ3n) is 2.87. The van der Waals surface area contributed by atoms with Crippen molar-refractivity contribution in [1.29, 1.82) is 5.26 Å². The van der Waals surface area contributed by atoms with E-state index in [0.29, 0.717) is 13.0 Å². The van der Waals surface area contributed by atoms with Crippen LogP contribution in [-0.2, 0) is 0 Å². The molecular formula is C14H18N2O3. The second-order valence-corrected chi connectivity index (χ2v) is 4.60. The van der Waals surface area contributed by atoms with Crippen LogP contribution in [0.1, 0.15) is 30.6 Å². The SMILES string of the molecule is CC(C)N(CCC#N)CC(=O)c1ccc(O)cc1O. The van der Waals surface area contributed by atoms with Gasteiger partial charge in [-0.3, -0.25) is 9.69 Å². The summed E-state index contributed by atoms with van der Waals surface area (Å²) in [6.07, 6.45) is 0.354. The maximum Gasteiger partial charge on any atom is 0.180 e. The molecule has 5 nitrogen and oxygen atoms in total. The molecule has 102 valence electrons.